The maximum atomic E-state index is 5.90. The van der Waals surface area contributed by atoms with E-state index in [0.717, 1.165) is 5.56 Å². The Balaban J connectivity index is 1.65. The van der Waals surface area contributed by atoms with E-state index < -0.39 is 6.29 Å². The van der Waals surface area contributed by atoms with Crippen LogP contribution in [-0.2, 0) is 9.47 Å². The van der Waals surface area contributed by atoms with Crippen molar-refractivity contribution < 1.29 is 9.47 Å². The van der Waals surface area contributed by atoms with Crippen LogP contribution in [0.5, 0.6) is 0 Å². The molecule has 0 amide bonds. The number of aromatic nitrogens is 4. The summed E-state index contributed by atoms with van der Waals surface area (Å²) in [7, 11) is 0. The van der Waals surface area contributed by atoms with Gasteiger partial charge in [-0.15, -0.1) is 5.10 Å². The van der Waals surface area contributed by atoms with E-state index >= 15 is 0 Å². The first-order chi connectivity index (χ1) is 12.1. The molecule has 3 atom stereocenters. The molecule has 0 radical (unpaired) electrons. The summed E-state index contributed by atoms with van der Waals surface area (Å²) < 4.78 is 13.3. The quantitative estimate of drug-likeness (QED) is 0.603. The molecule has 1 aromatic carbocycles. The Morgan fingerprint density at radius 1 is 1.40 bits per heavy atom. The number of nitrogens with two attached hydrogens (primary N) is 1. The number of fused-ring (bicyclic) bond motifs is 2. The number of aryl methyl sites for hydroxylation is 1. The third-order valence-electron chi connectivity index (χ3n) is 4.26. The standard InChI is InChI=1S/C15H17N7O2S/c1-8-2-4-9(5-3-8)13-18-20-21-22(13)11-6-10(17-19-15(16)25)14-23-7-12(11)24-14/h2-5,11-12,14H,6-7H2,1H3,(H3,16,19,25)/b17-10-/t11-,12-,14+/m0/s1. The highest BCUT2D eigenvalue weighted by Gasteiger charge is 2.44. The predicted octanol–water partition coefficient (Wildman–Crippen LogP) is 0.524. The van der Waals surface area contributed by atoms with Gasteiger partial charge in [-0.2, -0.15) is 5.10 Å². The molecular weight excluding hydrogens is 342 g/mol. The van der Waals surface area contributed by atoms with Crippen LogP contribution in [-0.4, -0.2) is 50.0 Å². The van der Waals surface area contributed by atoms with Crippen LogP contribution >= 0.6 is 12.2 Å². The molecular formula is C15H17N7O2S. The summed E-state index contributed by atoms with van der Waals surface area (Å²) in [6, 6.07) is 7.92. The largest absolute Gasteiger partial charge is 0.375 e. The molecule has 130 valence electrons. The fourth-order valence-corrected chi connectivity index (χ4v) is 3.06. The molecule has 2 fully saturated rings. The first-order valence-electron chi connectivity index (χ1n) is 7.85. The molecule has 25 heavy (non-hydrogen) atoms. The van der Waals surface area contributed by atoms with Gasteiger partial charge in [0, 0.05) is 12.0 Å². The molecule has 4 rings (SSSR count). The second kappa shape index (κ2) is 6.47. The number of rotatable bonds is 3. The van der Waals surface area contributed by atoms with Gasteiger partial charge in [0.15, 0.2) is 17.2 Å². The Morgan fingerprint density at radius 3 is 2.96 bits per heavy atom. The van der Waals surface area contributed by atoms with Crippen LogP contribution in [0.2, 0.25) is 0 Å². The van der Waals surface area contributed by atoms with E-state index in [1.54, 1.807) is 4.68 Å². The van der Waals surface area contributed by atoms with Gasteiger partial charge in [0.05, 0.1) is 18.4 Å². The van der Waals surface area contributed by atoms with Crippen molar-refractivity contribution in [2.45, 2.75) is 31.8 Å². The topological polar surface area (TPSA) is 112 Å². The van der Waals surface area contributed by atoms with Crippen molar-refractivity contribution in [2.75, 3.05) is 6.61 Å². The number of hydrogen-bond donors (Lipinski definition) is 2. The molecule has 9 nitrogen and oxygen atoms in total. The number of thiocarbonyl (C=S) groups is 1. The number of nitrogens with one attached hydrogen (secondary N) is 1. The summed E-state index contributed by atoms with van der Waals surface area (Å²) in [4.78, 5) is 0. The van der Waals surface area contributed by atoms with E-state index in [9.17, 15) is 0 Å². The summed E-state index contributed by atoms with van der Waals surface area (Å²) in [6.07, 6.45) is -0.0432. The van der Waals surface area contributed by atoms with Crippen LogP contribution in [0.3, 0.4) is 0 Å². The molecule has 3 N–H and O–H groups in total. The molecule has 1 aromatic heterocycles. The van der Waals surface area contributed by atoms with Crippen LogP contribution in [0.4, 0.5) is 0 Å². The van der Waals surface area contributed by atoms with Gasteiger partial charge in [0.1, 0.15) is 6.10 Å². The minimum Gasteiger partial charge on any atom is -0.375 e. The number of hydrogen-bond acceptors (Lipinski definition) is 7. The molecule has 0 aliphatic carbocycles. The lowest BCUT2D eigenvalue weighted by Crippen LogP contribution is -2.39. The molecule has 2 saturated heterocycles. The lowest BCUT2D eigenvalue weighted by atomic mass is 10.0. The Morgan fingerprint density at radius 2 is 2.20 bits per heavy atom. The van der Waals surface area contributed by atoms with E-state index in [2.05, 4.69) is 26.1 Å². The Kier molecular flexibility index (Phi) is 4.15. The third kappa shape index (κ3) is 3.11. The Labute approximate surface area is 149 Å². The highest BCUT2D eigenvalue weighted by molar-refractivity contribution is 7.80. The molecule has 10 heteroatoms. The van der Waals surface area contributed by atoms with Crippen LogP contribution in [0.15, 0.2) is 29.4 Å². The van der Waals surface area contributed by atoms with Gasteiger partial charge in [-0.1, -0.05) is 29.8 Å². The van der Waals surface area contributed by atoms with Gasteiger partial charge in [-0.25, -0.2) is 4.68 Å². The van der Waals surface area contributed by atoms with Gasteiger partial charge in [-0.05, 0) is 29.6 Å². The molecule has 0 saturated carbocycles. The zero-order valence-corrected chi connectivity index (χ0v) is 14.3. The average molecular weight is 359 g/mol. The van der Waals surface area contributed by atoms with Gasteiger partial charge >= 0.3 is 0 Å². The molecule has 3 heterocycles. The Hall–Kier alpha value is -2.43. The second-order valence-corrected chi connectivity index (χ2v) is 6.44. The molecule has 0 unspecified atom stereocenters. The molecule has 2 aliphatic heterocycles. The smallest absolute Gasteiger partial charge is 0.199 e. The van der Waals surface area contributed by atoms with Crippen LogP contribution < -0.4 is 11.2 Å². The fourth-order valence-electron chi connectivity index (χ4n) is 3.02. The minimum absolute atomic E-state index is 0.0898. The predicted molar refractivity (Wildman–Crippen MR) is 93.6 cm³/mol. The van der Waals surface area contributed by atoms with Gasteiger partial charge in [0.2, 0.25) is 0 Å². The van der Waals surface area contributed by atoms with Crippen molar-refractivity contribution in [1.82, 2.24) is 25.6 Å². The maximum absolute atomic E-state index is 5.90. The van der Waals surface area contributed by atoms with Crippen molar-refractivity contribution in [2.24, 2.45) is 10.8 Å². The van der Waals surface area contributed by atoms with Crippen molar-refractivity contribution in [3.8, 4) is 11.4 Å². The summed E-state index contributed by atoms with van der Waals surface area (Å²) in [6.45, 7) is 2.49. The van der Waals surface area contributed by atoms with E-state index in [-0.39, 0.29) is 17.3 Å². The Bertz CT molecular complexity index is 820. The molecule has 2 aliphatic rings. The molecule has 2 bridgehead atoms. The number of tetrazole rings is 1. The van der Waals surface area contributed by atoms with Gasteiger partial charge < -0.3 is 15.2 Å². The highest BCUT2D eigenvalue weighted by atomic mass is 32.1. The summed E-state index contributed by atoms with van der Waals surface area (Å²) >= 11 is 4.79. The summed E-state index contributed by atoms with van der Waals surface area (Å²) in [5.41, 5.74) is 10.8. The van der Waals surface area contributed by atoms with Crippen molar-refractivity contribution >= 4 is 23.0 Å². The molecule has 0 spiro atoms. The van der Waals surface area contributed by atoms with Crippen LogP contribution in [0.1, 0.15) is 18.0 Å². The zero-order chi connectivity index (χ0) is 17.4. The van der Waals surface area contributed by atoms with E-state index in [1.807, 2.05) is 31.2 Å². The number of benzene rings is 1. The fraction of sp³-hybridized carbons (Fsp3) is 0.400. The van der Waals surface area contributed by atoms with E-state index in [4.69, 9.17) is 27.4 Å². The first-order valence-corrected chi connectivity index (χ1v) is 8.26. The first kappa shape index (κ1) is 16.1. The number of ether oxygens (including phenoxy) is 2. The SMILES string of the molecule is Cc1ccc(-c2nnnn2[C@H]2C/C(=N/NC(N)=S)[C@@H]3OC[C@@H]2O3)cc1. The highest BCUT2D eigenvalue weighted by Crippen LogP contribution is 2.35. The van der Waals surface area contributed by atoms with Gasteiger partial charge in [-0.3, -0.25) is 5.43 Å². The van der Waals surface area contributed by atoms with Crippen LogP contribution in [0, 0.1) is 6.92 Å². The van der Waals surface area contributed by atoms with Crippen LogP contribution in [0.25, 0.3) is 11.4 Å². The maximum Gasteiger partial charge on any atom is 0.199 e. The van der Waals surface area contributed by atoms with E-state index in [1.165, 1.54) is 5.56 Å². The monoisotopic (exact) mass is 359 g/mol. The number of nitrogens with zero attached hydrogens (tertiary/aromatic N) is 5. The molecule has 2 aromatic rings. The lowest BCUT2D eigenvalue weighted by molar-refractivity contribution is -0.0320. The number of hydrazone groups is 1. The normalized spacial score (nSPS) is 26.8. The lowest BCUT2D eigenvalue weighted by Gasteiger charge is -2.28. The van der Waals surface area contributed by atoms with Crippen molar-refractivity contribution in [3.63, 3.8) is 0 Å². The summed E-state index contributed by atoms with van der Waals surface area (Å²) in [5, 5.41) is 16.5. The second-order valence-electron chi connectivity index (χ2n) is 6.00. The third-order valence-corrected chi connectivity index (χ3v) is 4.35. The summed E-state index contributed by atoms with van der Waals surface area (Å²) in [5.74, 6) is 0.681. The van der Waals surface area contributed by atoms with Gasteiger partial charge in [0.25, 0.3) is 0 Å². The zero-order valence-electron chi connectivity index (χ0n) is 13.5. The average Bonchev–Trinajstić information content (AvgIpc) is 3.23. The minimum atomic E-state index is -0.484. The van der Waals surface area contributed by atoms with Crippen molar-refractivity contribution in [1.29, 1.82) is 0 Å². The van der Waals surface area contributed by atoms with E-state index in [0.29, 0.717) is 24.6 Å². The van der Waals surface area contributed by atoms with Crippen molar-refractivity contribution in [3.05, 3.63) is 29.8 Å².